The molecular weight excluding hydrogens is 432 g/mol. The number of carbonyl (C=O) groups is 1. The lowest BCUT2D eigenvalue weighted by atomic mass is 9.86. The average molecular weight is 465 g/mol. The number of ether oxygens (including phenoxy) is 1. The van der Waals surface area contributed by atoms with Gasteiger partial charge in [0.1, 0.15) is 0 Å². The van der Waals surface area contributed by atoms with Gasteiger partial charge in [0, 0.05) is 18.9 Å². The zero-order valence-corrected chi connectivity index (χ0v) is 19.9. The van der Waals surface area contributed by atoms with E-state index in [9.17, 15) is 4.79 Å². The van der Waals surface area contributed by atoms with Crippen LogP contribution in [-0.4, -0.2) is 25.0 Å². The van der Waals surface area contributed by atoms with Crippen LogP contribution in [0.3, 0.4) is 0 Å². The molecule has 3 N–H and O–H groups in total. The number of hydrogen-bond acceptors (Lipinski definition) is 4. The van der Waals surface area contributed by atoms with Gasteiger partial charge in [0.15, 0.2) is 5.78 Å². The molecule has 0 aliphatic carbocycles. The molecule has 4 aromatic rings. The van der Waals surface area contributed by atoms with Crippen molar-refractivity contribution in [3.8, 4) is 0 Å². The molecule has 4 heteroatoms. The topological polar surface area (TPSA) is 64.4 Å². The van der Waals surface area contributed by atoms with Gasteiger partial charge in [-0.05, 0) is 52.1 Å². The Morgan fingerprint density at radius 2 is 1.63 bits per heavy atom. The number of nitrogens with one attached hydrogen (secondary N) is 1. The summed E-state index contributed by atoms with van der Waals surface area (Å²) in [6.07, 6.45) is 1.46. The summed E-state index contributed by atoms with van der Waals surface area (Å²) in [5.74, 6) is 0.337. The Morgan fingerprint density at radius 1 is 0.886 bits per heavy atom. The van der Waals surface area contributed by atoms with Crippen molar-refractivity contribution in [2.45, 2.75) is 37.5 Å². The van der Waals surface area contributed by atoms with Crippen LogP contribution in [0, 0.1) is 0 Å². The Morgan fingerprint density at radius 3 is 2.43 bits per heavy atom. The molecule has 1 fully saturated rings. The smallest absolute Gasteiger partial charge is 0.158 e. The van der Waals surface area contributed by atoms with Gasteiger partial charge in [0.2, 0.25) is 0 Å². The van der Waals surface area contributed by atoms with Gasteiger partial charge in [-0.2, -0.15) is 0 Å². The van der Waals surface area contributed by atoms with E-state index in [1.165, 1.54) is 21.9 Å². The summed E-state index contributed by atoms with van der Waals surface area (Å²) in [5, 5.41) is 5.96. The minimum absolute atomic E-state index is 0.0300. The lowest BCUT2D eigenvalue weighted by molar-refractivity contribution is -0.119. The van der Waals surface area contributed by atoms with Gasteiger partial charge in [-0.3, -0.25) is 4.79 Å². The van der Waals surface area contributed by atoms with Crippen molar-refractivity contribution < 1.29 is 9.53 Å². The van der Waals surface area contributed by atoms with Crippen molar-refractivity contribution in [2.75, 3.05) is 13.1 Å². The van der Waals surface area contributed by atoms with Crippen molar-refractivity contribution >= 4 is 16.6 Å². The molecule has 0 radical (unpaired) electrons. The minimum atomic E-state index is -0.614. The summed E-state index contributed by atoms with van der Waals surface area (Å²) in [5.41, 5.74) is 10.6. The quantitative estimate of drug-likeness (QED) is 0.371. The summed E-state index contributed by atoms with van der Waals surface area (Å²) >= 11 is 0. The number of fused-ring (bicyclic) bond motifs is 1. The molecule has 4 nitrogen and oxygen atoms in total. The van der Waals surface area contributed by atoms with Crippen LogP contribution in [0.5, 0.6) is 0 Å². The number of benzene rings is 4. The molecule has 0 bridgehead atoms. The highest BCUT2D eigenvalue weighted by Crippen LogP contribution is 2.30. The molecule has 35 heavy (non-hydrogen) atoms. The fourth-order valence-corrected chi connectivity index (χ4v) is 4.96. The van der Waals surface area contributed by atoms with E-state index in [1.807, 2.05) is 42.5 Å². The molecular formula is C31H32N2O2. The standard InChI is InChI=1S/C31H32N2O2/c32-31(29(34)19-22-6-2-1-3-7-22)26-14-12-25(13-15-26)28-16-17-33-20-30(28)35-21-23-10-11-24-8-4-5-9-27(24)18-23/h1-15,18,28,30-31,33H,16-17,19-21,32H2. The molecule has 1 aliphatic rings. The number of piperidine rings is 1. The fourth-order valence-electron chi connectivity index (χ4n) is 4.96. The molecule has 3 atom stereocenters. The van der Waals surface area contributed by atoms with Crippen LogP contribution in [0.1, 0.15) is 40.6 Å². The van der Waals surface area contributed by atoms with E-state index in [4.69, 9.17) is 10.5 Å². The highest BCUT2D eigenvalue weighted by molar-refractivity contribution is 5.87. The third kappa shape index (κ3) is 5.68. The Hall–Kier alpha value is -3.31. The maximum Gasteiger partial charge on any atom is 0.158 e. The number of hydrogen-bond donors (Lipinski definition) is 2. The molecule has 4 aromatic carbocycles. The van der Waals surface area contributed by atoms with Crippen LogP contribution in [0.25, 0.3) is 10.8 Å². The van der Waals surface area contributed by atoms with Crippen LogP contribution in [-0.2, 0) is 22.6 Å². The first-order valence-corrected chi connectivity index (χ1v) is 12.4. The highest BCUT2D eigenvalue weighted by Gasteiger charge is 2.27. The monoisotopic (exact) mass is 464 g/mol. The van der Waals surface area contributed by atoms with Crippen molar-refractivity contribution in [2.24, 2.45) is 5.73 Å². The fraction of sp³-hybridized carbons (Fsp3) is 0.258. The van der Waals surface area contributed by atoms with Crippen molar-refractivity contribution in [3.05, 3.63) is 119 Å². The molecule has 5 rings (SSSR count). The maximum absolute atomic E-state index is 12.7. The van der Waals surface area contributed by atoms with E-state index in [1.54, 1.807) is 0 Å². The van der Waals surface area contributed by atoms with Crippen LogP contribution in [0.15, 0.2) is 97.1 Å². The van der Waals surface area contributed by atoms with Gasteiger partial charge >= 0.3 is 0 Å². The average Bonchev–Trinajstić information content (AvgIpc) is 2.92. The van der Waals surface area contributed by atoms with Gasteiger partial charge in [0.25, 0.3) is 0 Å². The largest absolute Gasteiger partial charge is 0.372 e. The predicted octanol–water partition coefficient (Wildman–Crippen LogP) is 5.31. The van der Waals surface area contributed by atoms with Gasteiger partial charge in [-0.15, -0.1) is 0 Å². The second-order valence-electron chi connectivity index (χ2n) is 9.40. The van der Waals surface area contributed by atoms with Crippen LogP contribution < -0.4 is 11.1 Å². The van der Waals surface area contributed by atoms with E-state index in [-0.39, 0.29) is 11.9 Å². The molecule has 3 unspecified atom stereocenters. The summed E-state index contributed by atoms with van der Waals surface area (Å²) in [7, 11) is 0. The van der Waals surface area contributed by atoms with E-state index < -0.39 is 6.04 Å². The first kappa shape index (κ1) is 23.4. The zero-order chi connectivity index (χ0) is 24.0. The van der Waals surface area contributed by atoms with E-state index in [0.29, 0.717) is 18.9 Å². The van der Waals surface area contributed by atoms with Crippen molar-refractivity contribution in [1.82, 2.24) is 5.32 Å². The zero-order valence-electron chi connectivity index (χ0n) is 19.9. The van der Waals surface area contributed by atoms with Crippen molar-refractivity contribution in [1.29, 1.82) is 0 Å². The van der Waals surface area contributed by atoms with E-state index in [2.05, 4.69) is 59.9 Å². The van der Waals surface area contributed by atoms with Crippen LogP contribution in [0.2, 0.25) is 0 Å². The van der Waals surface area contributed by atoms with E-state index >= 15 is 0 Å². The van der Waals surface area contributed by atoms with Crippen molar-refractivity contribution in [3.63, 3.8) is 0 Å². The Balaban J connectivity index is 1.24. The third-order valence-corrected chi connectivity index (χ3v) is 7.00. The van der Waals surface area contributed by atoms with Gasteiger partial charge in [-0.1, -0.05) is 91.0 Å². The Kier molecular flexibility index (Phi) is 7.34. The number of Topliss-reactive ketones (excluding diaryl/α,β-unsaturated/α-hetero) is 1. The molecule has 1 saturated heterocycles. The second-order valence-corrected chi connectivity index (χ2v) is 9.40. The summed E-state index contributed by atoms with van der Waals surface area (Å²) in [4.78, 5) is 12.7. The molecule has 0 aromatic heterocycles. The minimum Gasteiger partial charge on any atom is -0.372 e. The Bertz CT molecular complexity index is 1270. The Labute approximate surface area is 207 Å². The highest BCUT2D eigenvalue weighted by atomic mass is 16.5. The molecule has 1 heterocycles. The van der Waals surface area contributed by atoms with Gasteiger partial charge in [-0.25, -0.2) is 0 Å². The summed E-state index contributed by atoms with van der Waals surface area (Å²) < 4.78 is 6.43. The number of carbonyl (C=O) groups excluding carboxylic acids is 1. The SMILES string of the molecule is NC(C(=O)Cc1ccccc1)c1ccc(C2CCNCC2OCc2ccc3ccccc3c2)cc1. The number of nitrogens with two attached hydrogens (primary N) is 1. The van der Waals surface area contributed by atoms with E-state index in [0.717, 1.165) is 30.6 Å². The lowest BCUT2D eigenvalue weighted by Gasteiger charge is -2.32. The van der Waals surface area contributed by atoms with Crippen LogP contribution >= 0.6 is 0 Å². The van der Waals surface area contributed by atoms with Gasteiger partial charge < -0.3 is 15.8 Å². The molecule has 0 amide bonds. The summed E-state index contributed by atoms with van der Waals surface area (Å²) in [6, 6.07) is 32.3. The molecule has 0 saturated carbocycles. The predicted molar refractivity (Wildman–Crippen MR) is 141 cm³/mol. The lowest BCUT2D eigenvalue weighted by Crippen LogP contribution is -2.41. The second kappa shape index (κ2) is 11.0. The number of rotatable bonds is 8. The molecule has 178 valence electrons. The third-order valence-electron chi connectivity index (χ3n) is 7.00. The van der Waals surface area contributed by atoms with Gasteiger partial charge in [0.05, 0.1) is 18.8 Å². The first-order valence-electron chi connectivity index (χ1n) is 12.4. The van der Waals surface area contributed by atoms with Crippen LogP contribution in [0.4, 0.5) is 0 Å². The molecule has 1 aliphatic heterocycles. The first-order chi connectivity index (χ1) is 17.2. The maximum atomic E-state index is 12.7. The summed E-state index contributed by atoms with van der Waals surface area (Å²) in [6.45, 7) is 2.39. The number of ketones is 1. The normalized spacial score (nSPS) is 18.9. The molecule has 0 spiro atoms.